The Morgan fingerprint density at radius 2 is 1.93 bits per heavy atom. The highest BCUT2D eigenvalue weighted by Gasteiger charge is 2.28. The summed E-state index contributed by atoms with van der Waals surface area (Å²) in [6.45, 7) is 5.56. The van der Waals surface area contributed by atoms with E-state index in [0.29, 0.717) is 26.3 Å². The Hall–Kier alpha value is -2.53. The number of rotatable bonds is 6. The second-order valence-corrected chi connectivity index (χ2v) is 7.91. The first-order valence-corrected chi connectivity index (χ1v) is 10.7. The lowest BCUT2D eigenvalue weighted by Gasteiger charge is -2.25. The lowest BCUT2D eigenvalue weighted by atomic mass is 10.0. The van der Waals surface area contributed by atoms with Crippen molar-refractivity contribution in [1.82, 2.24) is 10.2 Å². The molecule has 1 N–H and O–H groups in total. The van der Waals surface area contributed by atoms with E-state index in [1.54, 1.807) is 0 Å². The Morgan fingerprint density at radius 1 is 1.10 bits per heavy atom. The van der Waals surface area contributed by atoms with Gasteiger partial charge in [-0.1, -0.05) is 30.3 Å². The highest BCUT2D eigenvalue weighted by Crippen LogP contribution is 2.37. The third-order valence-electron chi connectivity index (χ3n) is 5.84. The number of benzene rings is 2. The maximum Gasteiger partial charge on any atom is 0.234 e. The standard InChI is InChI=1S/C24H30N2O3/c1-18-6-2-3-7-19(18)11-12-25-24(27)17-26-13-4-8-21(26)20-9-10-22-23(16-20)29-15-5-14-28-22/h2-3,6-7,9-10,16,21H,4-5,8,11-15,17H2,1H3,(H,25,27)/t21-/m1/s1. The van der Waals surface area contributed by atoms with Crippen LogP contribution in [-0.2, 0) is 11.2 Å². The van der Waals surface area contributed by atoms with Gasteiger partial charge < -0.3 is 14.8 Å². The van der Waals surface area contributed by atoms with E-state index in [9.17, 15) is 4.79 Å². The molecule has 0 aliphatic carbocycles. The maximum atomic E-state index is 12.5. The molecule has 2 aliphatic heterocycles. The average molecular weight is 395 g/mol. The average Bonchev–Trinajstić information content (AvgIpc) is 3.04. The van der Waals surface area contributed by atoms with Crippen molar-refractivity contribution in [3.8, 4) is 11.5 Å². The van der Waals surface area contributed by atoms with Gasteiger partial charge in [-0.2, -0.15) is 0 Å². The molecule has 154 valence electrons. The van der Waals surface area contributed by atoms with Crippen LogP contribution in [0.5, 0.6) is 11.5 Å². The van der Waals surface area contributed by atoms with Crippen LogP contribution in [0.15, 0.2) is 42.5 Å². The van der Waals surface area contributed by atoms with Gasteiger partial charge in [-0.25, -0.2) is 0 Å². The van der Waals surface area contributed by atoms with Gasteiger partial charge in [0.25, 0.3) is 0 Å². The molecular weight excluding hydrogens is 364 g/mol. The largest absolute Gasteiger partial charge is 0.490 e. The van der Waals surface area contributed by atoms with E-state index in [4.69, 9.17) is 9.47 Å². The minimum Gasteiger partial charge on any atom is -0.490 e. The molecule has 0 bridgehead atoms. The number of nitrogens with zero attached hydrogens (tertiary/aromatic N) is 1. The van der Waals surface area contributed by atoms with Gasteiger partial charge in [-0.15, -0.1) is 0 Å². The van der Waals surface area contributed by atoms with Crippen LogP contribution < -0.4 is 14.8 Å². The van der Waals surface area contributed by atoms with Gasteiger partial charge in [0.1, 0.15) is 0 Å². The predicted octanol–water partition coefficient (Wildman–Crippen LogP) is 3.65. The second-order valence-electron chi connectivity index (χ2n) is 7.91. The number of aryl methyl sites for hydroxylation is 1. The first kappa shape index (κ1) is 19.8. The summed E-state index contributed by atoms with van der Waals surface area (Å²) in [5.41, 5.74) is 3.77. The molecule has 0 saturated carbocycles. The molecule has 2 aromatic rings. The van der Waals surface area contributed by atoms with Gasteiger partial charge in [0.2, 0.25) is 5.91 Å². The molecule has 1 saturated heterocycles. The molecule has 2 heterocycles. The van der Waals surface area contributed by atoms with E-state index in [2.05, 4.69) is 41.4 Å². The summed E-state index contributed by atoms with van der Waals surface area (Å²) in [7, 11) is 0. The first-order valence-electron chi connectivity index (χ1n) is 10.7. The fourth-order valence-electron chi connectivity index (χ4n) is 4.25. The molecule has 0 spiro atoms. The lowest BCUT2D eigenvalue weighted by Crippen LogP contribution is -2.37. The molecule has 5 nitrogen and oxygen atoms in total. The highest BCUT2D eigenvalue weighted by molar-refractivity contribution is 5.78. The normalized spacial score (nSPS) is 19.0. The second kappa shape index (κ2) is 9.31. The van der Waals surface area contributed by atoms with Crippen LogP contribution in [0.1, 0.15) is 42.0 Å². The molecule has 2 aromatic carbocycles. The van der Waals surface area contributed by atoms with Gasteiger partial charge >= 0.3 is 0 Å². The first-order chi connectivity index (χ1) is 14.2. The minimum atomic E-state index is 0.0971. The Bertz CT molecular complexity index is 852. The SMILES string of the molecule is Cc1ccccc1CCNC(=O)CN1CCC[C@@H]1c1ccc2c(c1)OCCCO2. The summed E-state index contributed by atoms with van der Waals surface area (Å²) < 4.78 is 11.6. The molecule has 29 heavy (non-hydrogen) atoms. The topological polar surface area (TPSA) is 50.8 Å². The summed E-state index contributed by atoms with van der Waals surface area (Å²) in [4.78, 5) is 14.8. The molecular formula is C24H30N2O3. The quantitative estimate of drug-likeness (QED) is 0.813. The number of hydrogen-bond acceptors (Lipinski definition) is 4. The van der Waals surface area contributed by atoms with Crippen LogP contribution >= 0.6 is 0 Å². The summed E-state index contributed by atoms with van der Waals surface area (Å²) in [6.07, 6.45) is 3.94. The van der Waals surface area contributed by atoms with Crippen LogP contribution in [0, 0.1) is 6.92 Å². The van der Waals surface area contributed by atoms with Gasteiger partial charge in [0.05, 0.1) is 19.8 Å². The van der Waals surface area contributed by atoms with Crippen molar-refractivity contribution >= 4 is 5.91 Å². The smallest absolute Gasteiger partial charge is 0.234 e. The third-order valence-corrected chi connectivity index (χ3v) is 5.84. The Morgan fingerprint density at radius 3 is 2.79 bits per heavy atom. The van der Waals surface area contributed by atoms with Crippen molar-refractivity contribution in [2.45, 2.75) is 38.6 Å². The molecule has 2 aliphatic rings. The Kier molecular flexibility index (Phi) is 6.35. The number of ether oxygens (including phenoxy) is 2. The highest BCUT2D eigenvalue weighted by atomic mass is 16.5. The summed E-state index contributed by atoms with van der Waals surface area (Å²) in [5.74, 6) is 1.75. The van der Waals surface area contributed by atoms with Crippen molar-refractivity contribution < 1.29 is 14.3 Å². The van der Waals surface area contributed by atoms with Gasteiger partial charge in [-0.05, 0) is 61.6 Å². The summed E-state index contributed by atoms with van der Waals surface area (Å²) >= 11 is 0. The zero-order valence-corrected chi connectivity index (χ0v) is 17.2. The number of amides is 1. The molecule has 1 atom stereocenters. The van der Waals surface area contributed by atoms with Crippen molar-refractivity contribution in [3.63, 3.8) is 0 Å². The van der Waals surface area contributed by atoms with Crippen molar-refractivity contribution in [2.24, 2.45) is 0 Å². The molecule has 5 heteroatoms. The van der Waals surface area contributed by atoms with E-state index in [1.807, 2.05) is 18.2 Å². The van der Waals surface area contributed by atoms with Crippen LogP contribution in [0.2, 0.25) is 0 Å². The van der Waals surface area contributed by atoms with Gasteiger partial charge in [0, 0.05) is 19.0 Å². The van der Waals surface area contributed by atoms with Crippen molar-refractivity contribution in [3.05, 3.63) is 59.2 Å². The predicted molar refractivity (Wildman–Crippen MR) is 113 cm³/mol. The number of carbonyl (C=O) groups excluding carboxylic acids is 1. The number of hydrogen-bond donors (Lipinski definition) is 1. The molecule has 0 aromatic heterocycles. The molecule has 1 fully saturated rings. The summed E-state index contributed by atoms with van der Waals surface area (Å²) in [5, 5.41) is 3.09. The molecule has 0 unspecified atom stereocenters. The Balaban J connectivity index is 1.33. The molecule has 0 radical (unpaired) electrons. The lowest BCUT2D eigenvalue weighted by molar-refractivity contribution is -0.122. The van der Waals surface area contributed by atoms with Crippen LogP contribution in [0.4, 0.5) is 0 Å². The monoisotopic (exact) mass is 394 g/mol. The number of fused-ring (bicyclic) bond motifs is 1. The van der Waals surface area contributed by atoms with Gasteiger partial charge in [0.15, 0.2) is 11.5 Å². The molecule has 1 amide bonds. The minimum absolute atomic E-state index is 0.0971. The third kappa shape index (κ3) is 4.91. The molecule has 4 rings (SSSR count). The number of carbonyl (C=O) groups is 1. The number of likely N-dealkylation sites (tertiary alicyclic amines) is 1. The van der Waals surface area contributed by atoms with E-state index < -0.39 is 0 Å². The van der Waals surface area contributed by atoms with Crippen LogP contribution in [0.3, 0.4) is 0 Å². The van der Waals surface area contributed by atoms with Crippen LogP contribution in [-0.4, -0.2) is 43.7 Å². The van der Waals surface area contributed by atoms with Crippen molar-refractivity contribution in [1.29, 1.82) is 0 Å². The number of nitrogens with one attached hydrogen (secondary N) is 1. The van der Waals surface area contributed by atoms with Gasteiger partial charge in [-0.3, -0.25) is 9.69 Å². The van der Waals surface area contributed by atoms with E-state index >= 15 is 0 Å². The summed E-state index contributed by atoms with van der Waals surface area (Å²) in [6, 6.07) is 14.8. The Labute approximate surface area is 173 Å². The fourth-order valence-corrected chi connectivity index (χ4v) is 4.25. The zero-order chi connectivity index (χ0) is 20.1. The van der Waals surface area contributed by atoms with E-state index in [1.165, 1.54) is 16.7 Å². The maximum absolute atomic E-state index is 12.5. The zero-order valence-electron chi connectivity index (χ0n) is 17.2. The fraction of sp³-hybridized carbons (Fsp3) is 0.458. The van der Waals surface area contributed by atoms with E-state index in [-0.39, 0.29) is 11.9 Å². The van der Waals surface area contributed by atoms with E-state index in [0.717, 1.165) is 43.7 Å². The van der Waals surface area contributed by atoms with Crippen LogP contribution in [0.25, 0.3) is 0 Å². The van der Waals surface area contributed by atoms with Crippen molar-refractivity contribution in [2.75, 3.05) is 32.8 Å².